The second-order valence-corrected chi connectivity index (χ2v) is 7.22. The number of rotatable bonds is 5. The minimum Gasteiger partial charge on any atom is -0.353 e. The summed E-state index contributed by atoms with van der Waals surface area (Å²) in [6.07, 6.45) is 0.234. The standard InChI is InChI=1S/C22H20Cl2N2O/c1-14-10-11-17(12-15(14)2)25-21(27)13-16-6-3-4-9-20(16)26-22-18(23)7-5-8-19(22)24/h3-12,26H,13H2,1-2H3,(H,25,27). The Labute approximate surface area is 169 Å². The van der Waals surface area contributed by atoms with E-state index in [1.807, 2.05) is 56.3 Å². The van der Waals surface area contributed by atoms with Crippen LogP contribution in [0.25, 0.3) is 0 Å². The van der Waals surface area contributed by atoms with Crippen LogP contribution < -0.4 is 10.6 Å². The van der Waals surface area contributed by atoms with Crippen LogP contribution in [0.1, 0.15) is 16.7 Å². The van der Waals surface area contributed by atoms with Crippen LogP contribution >= 0.6 is 23.2 Å². The monoisotopic (exact) mass is 398 g/mol. The van der Waals surface area contributed by atoms with Gasteiger partial charge < -0.3 is 10.6 Å². The van der Waals surface area contributed by atoms with Crippen molar-refractivity contribution in [2.45, 2.75) is 20.3 Å². The molecule has 0 saturated carbocycles. The molecule has 3 nitrogen and oxygen atoms in total. The highest BCUT2D eigenvalue weighted by atomic mass is 35.5. The van der Waals surface area contributed by atoms with Gasteiger partial charge in [0.05, 0.1) is 22.2 Å². The molecule has 0 bridgehead atoms. The molecule has 2 N–H and O–H groups in total. The van der Waals surface area contributed by atoms with Crippen LogP contribution in [0.3, 0.4) is 0 Å². The van der Waals surface area contributed by atoms with Gasteiger partial charge in [-0.05, 0) is 60.9 Å². The molecule has 0 spiro atoms. The Bertz CT molecular complexity index is 966. The maximum absolute atomic E-state index is 12.5. The average Bonchev–Trinajstić information content (AvgIpc) is 2.63. The Morgan fingerprint density at radius 3 is 2.30 bits per heavy atom. The van der Waals surface area contributed by atoms with E-state index in [1.165, 1.54) is 5.56 Å². The van der Waals surface area contributed by atoms with Crippen LogP contribution in [0.5, 0.6) is 0 Å². The molecular formula is C22H20Cl2N2O. The summed E-state index contributed by atoms with van der Waals surface area (Å²) >= 11 is 12.5. The molecule has 0 saturated heterocycles. The fourth-order valence-electron chi connectivity index (χ4n) is 2.75. The first kappa shape index (κ1) is 19.3. The molecule has 3 rings (SSSR count). The molecule has 3 aromatic carbocycles. The molecule has 5 heteroatoms. The van der Waals surface area contributed by atoms with Crippen LogP contribution in [0.2, 0.25) is 10.0 Å². The number of anilines is 3. The van der Waals surface area contributed by atoms with Crippen molar-refractivity contribution in [3.8, 4) is 0 Å². The van der Waals surface area contributed by atoms with Crippen molar-refractivity contribution in [2.24, 2.45) is 0 Å². The van der Waals surface area contributed by atoms with Gasteiger partial charge in [0.1, 0.15) is 0 Å². The van der Waals surface area contributed by atoms with Crippen molar-refractivity contribution < 1.29 is 4.79 Å². The van der Waals surface area contributed by atoms with Crippen LogP contribution in [-0.4, -0.2) is 5.91 Å². The zero-order chi connectivity index (χ0) is 19.4. The third-order valence-corrected chi connectivity index (χ3v) is 5.01. The molecule has 0 aliphatic carbocycles. The number of hydrogen-bond donors (Lipinski definition) is 2. The van der Waals surface area contributed by atoms with Gasteiger partial charge >= 0.3 is 0 Å². The molecule has 0 aromatic heterocycles. The molecule has 27 heavy (non-hydrogen) atoms. The third-order valence-electron chi connectivity index (χ3n) is 4.38. The van der Waals surface area contributed by atoms with Gasteiger partial charge in [0.15, 0.2) is 0 Å². The van der Waals surface area contributed by atoms with E-state index in [1.54, 1.807) is 18.2 Å². The van der Waals surface area contributed by atoms with Crippen molar-refractivity contribution >= 4 is 46.2 Å². The molecule has 0 aliphatic heterocycles. The molecule has 1 amide bonds. The molecular weight excluding hydrogens is 379 g/mol. The second-order valence-electron chi connectivity index (χ2n) is 6.40. The minimum absolute atomic E-state index is 0.0854. The highest BCUT2D eigenvalue weighted by Crippen LogP contribution is 2.33. The molecule has 0 atom stereocenters. The summed E-state index contributed by atoms with van der Waals surface area (Å²) in [6.45, 7) is 4.07. The van der Waals surface area contributed by atoms with Gasteiger partial charge in [0, 0.05) is 11.4 Å². The minimum atomic E-state index is -0.0854. The van der Waals surface area contributed by atoms with Crippen LogP contribution in [0.4, 0.5) is 17.1 Å². The third kappa shape index (κ3) is 4.82. The van der Waals surface area contributed by atoms with Gasteiger partial charge in [-0.2, -0.15) is 0 Å². The Balaban J connectivity index is 1.77. The zero-order valence-electron chi connectivity index (χ0n) is 15.1. The number of carbonyl (C=O) groups is 1. The fourth-order valence-corrected chi connectivity index (χ4v) is 3.24. The molecule has 0 aliphatic rings. The summed E-state index contributed by atoms with van der Waals surface area (Å²) in [5, 5.41) is 7.25. The van der Waals surface area contributed by atoms with Crippen molar-refractivity contribution in [3.63, 3.8) is 0 Å². The molecule has 138 valence electrons. The first-order valence-electron chi connectivity index (χ1n) is 8.60. The first-order valence-corrected chi connectivity index (χ1v) is 9.35. The smallest absolute Gasteiger partial charge is 0.228 e. The van der Waals surface area contributed by atoms with E-state index in [4.69, 9.17) is 23.2 Å². The number of amides is 1. The number of nitrogens with one attached hydrogen (secondary N) is 2. The van der Waals surface area contributed by atoms with Crippen molar-refractivity contribution in [2.75, 3.05) is 10.6 Å². The van der Waals surface area contributed by atoms with Gasteiger partial charge in [-0.15, -0.1) is 0 Å². The lowest BCUT2D eigenvalue weighted by Gasteiger charge is -2.14. The Morgan fingerprint density at radius 2 is 1.59 bits per heavy atom. The Kier molecular flexibility index (Phi) is 6.04. The van der Waals surface area contributed by atoms with Crippen molar-refractivity contribution in [1.82, 2.24) is 0 Å². The highest BCUT2D eigenvalue weighted by molar-refractivity contribution is 6.39. The van der Waals surface area contributed by atoms with Crippen molar-refractivity contribution in [1.29, 1.82) is 0 Å². The van der Waals surface area contributed by atoms with E-state index < -0.39 is 0 Å². The van der Waals surface area contributed by atoms with Crippen molar-refractivity contribution in [3.05, 3.63) is 87.4 Å². The van der Waals surface area contributed by atoms with E-state index >= 15 is 0 Å². The van der Waals surface area contributed by atoms with E-state index in [2.05, 4.69) is 10.6 Å². The second kappa shape index (κ2) is 8.47. The summed E-state index contributed by atoms with van der Waals surface area (Å²) in [6, 6.07) is 18.8. The SMILES string of the molecule is Cc1ccc(NC(=O)Cc2ccccc2Nc2c(Cl)cccc2Cl)cc1C. The van der Waals surface area contributed by atoms with E-state index in [-0.39, 0.29) is 12.3 Å². The Morgan fingerprint density at radius 1 is 0.889 bits per heavy atom. The number of halogens is 2. The lowest BCUT2D eigenvalue weighted by atomic mass is 10.1. The van der Waals surface area contributed by atoms with Gasteiger partial charge in [-0.1, -0.05) is 53.5 Å². The van der Waals surface area contributed by atoms with Gasteiger partial charge in [-0.3, -0.25) is 4.79 Å². The molecule has 0 heterocycles. The average molecular weight is 399 g/mol. The number of aryl methyl sites for hydroxylation is 2. The molecule has 0 fully saturated rings. The summed E-state index contributed by atoms with van der Waals surface area (Å²) in [5.41, 5.74) is 5.41. The largest absolute Gasteiger partial charge is 0.353 e. The normalized spacial score (nSPS) is 10.5. The molecule has 3 aromatic rings. The number of hydrogen-bond acceptors (Lipinski definition) is 2. The van der Waals surface area contributed by atoms with Gasteiger partial charge in [0.2, 0.25) is 5.91 Å². The van der Waals surface area contributed by atoms with Crippen LogP contribution in [0.15, 0.2) is 60.7 Å². The quantitative estimate of drug-likeness (QED) is 0.512. The maximum atomic E-state index is 12.5. The molecule has 0 unspecified atom stereocenters. The van der Waals surface area contributed by atoms with Gasteiger partial charge in [-0.25, -0.2) is 0 Å². The fraction of sp³-hybridized carbons (Fsp3) is 0.136. The van der Waals surface area contributed by atoms with Crippen LogP contribution in [0, 0.1) is 13.8 Å². The summed E-state index contributed by atoms with van der Waals surface area (Å²) in [5.74, 6) is -0.0854. The Hall–Kier alpha value is -2.49. The maximum Gasteiger partial charge on any atom is 0.228 e. The van der Waals surface area contributed by atoms with E-state index in [9.17, 15) is 4.79 Å². The summed E-state index contributed by atoms with van der Waals surface area (Å²) in [4.78, 5) is 12.5. The zero-order valence-corrected chi connectivity index (χ0v) is 16.7. The predicted molar refractivity (Wildman–Crippen MR) is 114 cm³/mol. The topological polar surface area (TPSA) is 41.1 Å². The first-order chi connectivity index (χ1) is 12.9. The highest BCUT2D eigenvalue weighted by Gasteiger charge is 2.11. The van der Waals surface area contributed by atoms with E-state index in [0.717, 1.165) is 22.5 Å². The van der Waals surface area contributed by atoms with E-state index in [0.29, 0.717) is 15.7 Å². The lowest BCUT2D eigenvalue weighted by Crippen LogP contribution is -2.15. The summed E-state index contributed by atoms with van der Waals surface area (Å²) < 4.78 is 0. The van der Waals surface area contributed by atoms with Gasteiger partial charge in [0.25, 0.3) is 0 Å². The number of carbonyl (C=O) groups excluding carboxylic acids is 1. The van der Waals surface area contributed by atoms with Crippen LogP contribution in [-0.2, 0) is 11.2 Å². The number of benzene rings is 3. The predicted octanol–water partition coefficient (Wildman–Crippen LogP) is 6.54. The summed E-state index contributed by atoms with van der Waals surface area (Å²) in [7, 11) is 0. The lowest BCUT2D eigenvalue weighted by molar-refractivity contribution is -0.115. The number of para-hydroxylation sites is 2. The molecule has 0 radical (unpaired) electrons.